The number of thioether (sulfide) groups is 1. The Balaban J connectivity index is 1.54. The van der Waals surface area contributed by atoms with Crippen LogP contribution in [0.1, 0.15) is 27.6 Å². The van der Waals surface area contributed by atoms with Crippen molar-refractivity contribution >= 4 is 35.2 Å². The molecule has 0 fully saturated rings. The summed E-state index contributed by atoms with van der Waals surface area (Å²) in [5.41, 5.74) is 0.247. The molecule has 1 unspecified atom stereocenters. The summed E-state index contributed by atoms with van der Waals surface area (Å²) in [6.07, 6.45) is 0. The van der Waals surface area contributed by atoms with Crippen LogP contribution >= 0.6 is 11.8 Å². The normalized spacial score (nSPS) is 14.3. The van der Waals surface area contributed by atoms with Gasteiger partial charge in [0.05, 0.1) is 16.4 Å². The molecule has 0 saturated heterocycles. The first kappa shape index (κ1) is 19.0. The third kappa shape index (κ3) is 3.85. The summed E-state index contributed by atoms with van der Waals surface area (Å²) in [6.45, 7) is 1.73. The average molecular weight is 390 g/mol. The van der Waals surface area contributed by atoms with Gasteiger partial charge in [0, 0.05) is 12.3 Å². The molecular weight excluding hydrogens is 374 g/mol. The number of nitrogens with one attached hydrogen (secondary N) is 1. The lowest BCUT2D eigenvalue weighted by molar-refractivity contribution is -0.115. The number of para-hydroxylation sites is 1. The van der Waals surface area contributed by atoms with Crippen molar-refractivity contribution in [3.63, 3.8) is 0 Å². The highest BCUT2D eigenvalue weighted by atomic mass is 32.2. The molecule has 140 valence electrons. The maximum absolute atomic E-state index is 13.6. The molecular formula is C19H16F2N2O3S. The second-order valence-corrected chi connectivity index (χ2v) is 7.36. The SMILES string of the molecule is CC(SCCN1C(=O)c2ccccc2C1=O)C(=O)Nc1c(F)cccc1F. The molecule has 0 radical (unpaired) electrons. The number of anilines is 1. The zero-order valence-corrected chi connectivity index (χ0v) is 15.2. The minimum Gasteiger partial charge on any atom is -0.320 e. The van der Waals surface area contributed by atoms with Crippen LogP contribution in [0.3, 0.4) is 0 Å². The van der Waals surface area contributed by atoms with E-state index in [-0.39, 0.29) is 18.4 Å². The molecule has 3 rings (SSSR count). The highest BCUT2D eigenvalue weighted by Crippen LogP contribution is 2.24. The fourth-order valence-corrected chi connectivity index (χ4v) is 3.53. The van der Waals surface area contributed by atoms with E-state index in [1.165, 1.54) is 17.8 Å². The predicted molar refractivity (Wildman–Crippen MR) is 98.7 cm³/mol. The number of carbonyl (C=O) groups excluding carboxylic acids is 3. The van der Waals surface area contributed by atoms with Crippen LogP contribution in [-0.4, -0.2) is 40.2 Å². The standard InChI is InChI=1S/C19H16F2N2O3S/c1-11(17(24)22-16-14(20)7-4-8-15(16)21)27-10-9-23-18(25)12-5-2-3-6-13(12)19(23)26/h2-8,11H,9-10H2,1H3,(H,22,24). The van der Waals surface area contributed by atoms with Crippen molar-refractivity contribution in [3.05, 3.63) is 65.2 Å². The number of nitrogens with zero attached hydrogens (tertiary/aromatic N) is 1. The van der Waals surface area contributed by atoms with Gasteiger partial charge in [0.2, 0.25) is 5.91 Å². The van der Waals surface area contributed by atoms with E-state index < -0.39 is 28.5 Å². The topological polar surface area (TPSA) is 66.5 Å². The fourth-order valence-electron chi connectivity index (χ4n) is 2.68. The molecule has 1 heterocycles. The second-order valence-electron chi connectivity index (χ2n) is 5.91. The van der Waals surface area contributed by atoms with E-state index in [2.05, 4.69) is 5.32 Å². The molecule has 1 N–H and O–H groups in total. The number of carbonyl (C=O) groups is 3. The van der Waals surface area contributed by atoms with Crippen LogP contribution in [0, 0.1) is 11.6 Å². The number of hydrogen-bond acceptors (Lipinski definition) is 4. The predicted octanol–water partition coefficient (Wildman–Crippen LogP) is 3.32. The molecule has 0 bridgehead atoms. The van der Waals surface area contributed by atoms with Crippen LogP contribution < -0.4 is 5.32 Å². The van der Waals surface area contributed by atoms with Crippen LogP contribution in [0.2, 0.25) is 0 Å². The van der Waals surface area contributed by atoms with Crippen LogP contribution in [0.25, 0.3) is 0 Å². The third-order valence-electron chi connectivity index (χ3n) is 4.14. The molecule has 0 spiro atoms. The molecule has 2 aromatic rings. The number of hydrogen-bond donors (Lipinski definition) is 1. The van der Waals surface area contributed by atoms with E-state index in [1.807, 2.05) is 0 Å². The van der Waals surface area contributed by atoms with Crippen molar-refractivity contribution in [2.75, 3.05) is 17.6 Å². The van der Waals surface area contributed by atoms with Crippen molar-refractivity contribution in [2.24, 2.45) is 0 Å². The van der Waals surface area contributed by atoms with Crippen molar-refractivity contribution in [2.45, 2.75) is 12.2 Å². The van der Waals surface area contributed by atoms with E-state index in [9.17, 15) is 23.2 Å². The van der Waals surface area contributed by atoms with E-state index in [4.69, 9.17) is 0 Å². The zero-order valence-electron chi connectivity index (χ0n) is 14.4. The van der Waals surface area contributed by atoms with Crippen LogP contribution in [0.4, 0.5) is 14.5 Å². The smallest absolute Gasteiger partial charge is 0.261 e. The summed E-state index contributed by atoms with van der Waals surface area (Å²) in [7, 11) is 0. The van der Waals surface area contributed by atoms with Gasteiger partial charge in [-0.05, 0) is 31.2 Å². The molecule has 1 atom stereocenters. The minimum absolute atomic E-state index is 0.142. The van der Waals surface area contributed by atoms with Gasteiger partial charge in [-0.25, -0.2) is 8.78 Å². The van der Waals surface area contributed by atoms with Gasteiger partial charge in [0.15, 0.2) is 0 Å². The maximum atomic E-state index is 13.6. The van der Waals surface area contributed by atoms with E-state index in [1.54, 1.807) is 31.2 Å². The Hall–Kier alpha value is -2.74. The average Bonchev–Trinajstić information content (AvgIpc) is 2.89. The van der Waals surface area contributed by atoms with Crippen LogP contribution in [0.5, 0.6) is 0 Å². The molecule has 3 amide bonds. The number of halogens is 2. The zero-order chi connectivity index (χ0) is 19.6. The lowest BCUT2D eigenvalue weighted by Crippen LogP contribution is -2.33. The fraction of sp³-hybridized carbons (Fsp3) is 0.211. The van der Waals surface area contributed by atoms with Crippen molar-refractivity contribution in [1.82, 2.24) is 4.90 Å². The molecule has 1 aliphatic heterocycles. The summed E-state index contributed by atoms with van der Waals surface area (Å²) in [5.74, 6) is -2.67. The summed E-state index contributed by atoms with van der Waals surface area (Å²) >= 11 is 1.18. The monoisotopic (exact) mass is 390 g/mol. The summed E-state index contributed by atoms with van der Waals surface area (Å²) in [4.78, 5) is 37.8. The Morgan fingerprint density at radius 1 is 1.04 bits per heavy atom. The number of amides is 3. The van der Waals surface area contributed by atoms with E-state index in [0.29, 0.717) is 16.9 Å². The van der Waals surface area contributed by atoms with Crippen LogP contribution in [0.15, 0.2) is 42.5 Å². The summed E-state index contributed by atoms with van der Waals surface area (Å²) < 4.78 is 27.2. The maximum Gasteiger partial charge on any atom is 0.261 e. The van der Waals surface area contributed by atoms with Crippen molar-refractivity contribution in [1.29, 1.82) is 0 Å². The Morgan fingerprint density at radius 2 is 1.59 bits per heavy atom. The van der Waals surface area contributed by atoms with Gasteiger partial charge < -0.3 is 5.32 Å². The van der Waals surface area contributed by atoms with Crippen molar-refractivity contribution in [3.8, 4) is 0 Å². The minimum atomic E-state index is -0.855. The molecule has 2 aromatic carbocycles. The highest BCUT2D eigenvalue weighted by Gasteiger charge is 2.34. The Morgan fingerprint density at radius 3 is 2.15 bits per heavy atom. The van der Waals surface area contributed by atoms with E-state index in [0.717, 1.165) is 17.0 Å². The molecule has 0 aromatic heterocycles. The number of rotatable bonds is 6. The van der Waals surface area contributed by atoms with Gasteiger partial charge >= 0.3 is 0 Å². The van der Waals surface area contributed by atoms with Crippen LogP contribution in [-0.2, 0) is 4.79 Å². The van der Waals surface area contributed by atoms with Gasteiger partial charge in [0.1, 0.15) is 17.3 Å². The molecule has 1 aliphatic rings. The first-order valence-electron chi connectivity index (χ1n) is 8.22. The summed E-state index contributed by atoms with van der Waals surface area (Å²) in [5, 5.41) is 1.61. The molecule has 0 saturated carbocycles. The molecule has 27 heavy (non-hydrogen) atoms. The number of benzene rings is 2. The Labute approximate surface area is 158 Å². The van der Waals surface area contributed by atoms with E-state index >= 15 is 0 Å². The third-order valence-corrected chi connectivity index (χ3v) is 5.27. The Bertz CT molecular complexity index is 864. The number of imide groups is 1. The van der Waals surface area contributed by atoms with Gasteiger partial charge in [0.25, 0.3) is 11.8 Å². The Kier molecular flexibility index (Phi) is 5.55. The highest BCUT2D eigenvalue weighted by molar-refractivity contribution is 8.00. The first-order valence-corrected chi connectivity index (χ1v) is 9.26. The lowest BCUT2D eigenvalue weighted by Gasteiger charge is -2.16. The molecule has 0 aliphatic carbocycles. The molecule has 8 heteroatoms. The summed E-state index contributed by atoms with van der Waals surface area (Å²) in [6, 6.07) is 9.90. The van der Waals surface area contributed by atoms with Gasteiger partial charge in [-0.15, -0.1) is 11.8 Å². The number of fused-ring (bicyclic) bond motifs is 1. The molecule has 5 nitrogen and oxygen atoms in total. The van der Waals surface area contributed by atoms with Crippen molar-refractivity contribution < 1.29 is 23.2 Å². The lowest BCUT2D eigenvalue weighted by atomic mass is 10.1. The van der Waals surface area contributed by atoms with Gasteiger partial charge in [-0.3, -0.25) is 19.3 Å². The second kappa shape index (κ2) is 7.87. The van der Waals surface area contributed by atoms with Gasteiger partial charge in [-0.2, -0.15) is 0 Å². The first-order chi connectivity index (χ1) is 12.9. The largest absolute Gasteiger partial charge is 0.320 e. The van der Waals surface area contributed by atoms with Gasteiger partial charge in [-0.1, -0.05) is 18.2 Å². The quantitative estimate of drug-likeness (QED) is 0.769.